The molecule has 5 heteroatoms. The molecule has 0 spiro atoms. The normalized spacial score (nSPS) is 22.1. The monoisotopic (exact) mass is 304 g/mol. The summed E-state index contributed by atoms with van der Waals surface area (Å²) in [4.78, 5) is 28.3. The molecule has 2 aliphatic heterocycles. The first-order valence-electron chi connectivity index (χ1n) is 8.34. The Morgan fingerprint density at radius 1 is 1.14 bits per heavy atom. The van der Waals surface area contributed by atoms with E-state index in [-0.39, 0.29) is 11.8 Å². The summed E-state index contributed by atoms with van der Waals surface area (Å²) in [5.74, 6) is 1.10. The van der Waals surface area contributed by atoms with Crippen molar-refractivity contribution in [2.45, 2.75) is 38.5 Å². The van der Waals surface area contributed by atoms with Crippen molar-refractivity contribution in [3.63, 3.8) is 0 Å². The first-order chi connectivity index (χ1) is 10.7. The van der Waals surface area contributed by atoms with Gasteiger partial charge in [0.1, 0.15) is 0 Å². The number of amides is 2. The number of carbonyl (C=O) groups is 2. The molecule has 0 radical (unpaired) electrons. The fraction of sp³-hybridized carbons (Fsp3) is 0.647. The third kappa shape index (κ3) is 3.51. The second-order valence-electron chi connectivity index (χ2n) is 6.36. The van der Waals surface area contributed by atoms with E-state index in [1.165, 1.54) is 6.26 Å². The average Bonchev–Trinajstić information content (AvgIpc) is 3.25. The Bertz CT molecular complexity index is 506. The van der Waals surface area contributed by atoms with Crippen molar-refractivity contribution in [2.75, 3.05) is 26.2 Å². The molecule has 0 unspecified atom stereocenters. The lowest BCUT2D eigenvalue weighted by Crippen LogP contribution is -2.40. The minimum absolute atomic E-state index is 0.0273. The van der Waals surface area contributed by atoms with Crippen molar-refractivity contribution >= 4 is 11.8 Å². The highest BCUT2D eigenvalue weighted by molar-refractivity contribution is 5.91. The number of likely N-dealkylation sites (tertiary alicyclic amines) is 2. The van der Waals surface area contributed by atoms with E-state index in [1.54, 1.807) is 12.1 Å². The van der Waals surface area contributed by atoms with Gasteiger partial charge in [0.05, 0.1) is 6.26 Å². The maximum Gasteiger partial charge on any atom is 0.289 e. The summed E-state index contributed by atoms with van der Waals surface area (Å²) in [6.45, 7) is 3.38. The zero-order valence-electron chi connectivity index (χ0n) is 13.0. The van der Waals surface area contributed by atoms with E-state index >= 15 is 0 Å². The van der Waals surface area contributed by atoms with Crippen LogP contribution in [-0.4, -0.2) is 47.8 Å². The molecule has 1 atom stereocenters. The second-order valence-corrected chi connectivity index (χ2v) is 6.36. The predicted octanol–water partition coefficient (Wildman–Crippen LogP) is 2.53. The molecule has 22 heavy (non-hydrogen) atoms. The third-order valence-electron chi connectivity index (χ3n) is 4.76. The Balaban J connectivity index is 1.48. The predicted molar refractivity (Wildman–Crippen MR) is 82.4 cm³/mol. The molecule has 120 valence electrons. The molecule has 0 bridgehead atoms. The summed E-state index contributed by atoms with van der Waals surface area (Å²) in [6, 6.07) is 3.45. The van der Waals surface area contributed by atoms with Crippen LogP contribution in [0.4, 0.5) is 0 Å². The number of hydrogen-bond acceptors (Lipinski definition) is 3. The lowest BCUT2D eigenvalue weighted by Gasteiger charge is -2.32. The number of rotatable bonds is 4. The van der Waals surface area contributed by atoms with Gasteiger partial charge < -0.3 is 14.2 Å². The molecular weight excluding hydrogens is 280 g/mol. The van der Waals surface area contributed by atoms with Crippen LogP contribution in [0.15, 0.2) is 22.8 Å². The number of hydrogen-bond donors (Lipinski definition) is 0. The molecule has 5 nitrogen and oxygen atoms in total. The summed E-state index contributed by atoms with van der Waals surface area (Å²) in [5, 5.41) is 0. The van der Waals surface area contributed by atoms with Crippen molar-refractivity contribution in [1.82, 2.24) is 9.80 Å². The van der Waals surface area contributed by atoms with E-state index in [0.29, 0.717) is 18.1 Å². The van der Waals surface area contributed by atoms with Crippen LogP contribution in [0.3, 0.4) is 0 Å². The summed E-state index contributed by atoms with van der Waals surface area (Å²) in [5.41, 5.74) is 0. The van der Waals surface area contributed by atoms with E-state index in [4.69, 9.17) is 4.42 Å². The largest absolute Gasteiger partial charge is 0.459 e. The minimum Gasteiger partial charge on any atom is -0.459 e. The zero-order valence-corrected chi connectivity index (χ0v) is 13.0. The molecule has 2 amide bonds. The van der Waals surface area contributed by atoms with Crippen LogP contribution in [0.25, 0.3) is 0 Å². The van der Waals surface area contributed by atoms with Gasteiger partial charge in [0.25, 0.3) is 5.91 Å². The zero-order chi connectivity index (χ0) is 15.4. The van der Waals surface area contributed by atoms with E-state index in [2.05, 4.69) is 0 Å². The number of piperidine rings is 1. The molecule has 0 aromatic carbocycles. The average molecular weight is 304 g/mol. The Hall–Kier alpha value is -1.78. The number of carbonyl (C=O) groups excluding carboxylic acids is 2. The van der Waals surface area contributed by atoms with Crippen molar-refractivity contribution in [3.8, 4) is 0 Å². The van der Waals surface area contributed by atoms with Crippen molar-refractivity contribution in [3.05, 3.63) is 24.2 Å². The van der Waals surface area contributed by atoms with Gasteiger partial charge in [0.2, 0.25) is 5.91 Å². The standard InChI is InChI=1S/C17H24N2O3/c20-16(18-9-1-2-10-18)8-7-14-5-3-11-19(13-14)17(21)15-6-4-12-22-15/h4,6,12,14H,1-3,5,7-11,13H2/t14-/m0/s1. The van der Waals surface area contributed by atoms with Crippen LogP contribution in [0.2, 0.25) is 0 Å². The van der Waals surface area contributed by atoms with Crippen molar-refractivity contribution < 1.29 is 14.0 Å². The summed E-state index contributed by atoms with van der Waals surface area (Å²) in [6.07, 6.45) is 7.43. The smallest absolute Gasteiger partial charge is 0.289 e. The van der Waals surface area contributed by atoms with Gasteiger partial charge in [-0.2, -0.15) is 0 Å². The molecule has 0 aliphatic carbocycles. The van der Waals surface area contributed by atoms with Gasteiger partial charge in [-0.15, -0.1) is 0 Å². The topological polar surface area (TPSA) is 53.8 Å². The van der Waals surface area contributed by atoms with Crippen LogP contribution in [0, 0.1) is 5.92 Å². The quantitative estimate of drug-likeness (QED) is 0.859. The van der Waals surface area contributed by atoms with Crippen LogP contribution >= 0.6 is 0 Å². The lowest BCUT2D eigenvalue weighted by atomic mass is 9.93. The maximum atomic E-state index is 12.3. The summed E-state index contributed by atoms with van der Waals surface area (Å²) >= 11 is 0. The van der Waals surface area contributed by atoms with Crippen LogP contribution in [-0.2, 0) is 4.79 Å². The molecule has 1 aromatic heterocycles. The highest BCUT2D eigenvalue weighted by Gasteiger charge is 2.27. The summed E-state index contributed by atoms with van der Waals surface area (Å²) in [7, 11) is 0. The third-order valence-corrected chi connectivity index (χ3v) is 4.76. The second kappa shape index (κ2) is 6.99. The molecule has 1 aromatic rings. The molecule has 3 rings (SSSR count). The van der Waals surface area contributed by atoms with Crippen molar-refractivity contribution in [2.24, 2.45) is 5.92 Å². The fourth-order valence-corrected chi connectivity index (χ4v) is 3.49. The minimum atomic E-state index is -0.0273. The molecule has 2 saturated heterocycles. The van der Waals surface area contributed by atoms with E-state index in [9.17, 15) is 9.59 Å². The van der Waals surface area contributed by atoms with E-state index < -0.39 is 0 Å². The van der Waals surface area contributed by atoms with Gasteiger partial charge in [-0.05, 0) is 50.2 Å². The van der Waals surface area contributed by atoms with Gasteiger partial charge in [-0.3, -0.25) is 9.59 Å². The first kappa shape index (κ1) is 15.1. The fourth-order valence-electron chi connectivity index (χ4n) is 3.49. The van der Waals surface area contributed by atoms with Crippen molar-refractivity contribution in [1.29, 1.82) is 0 Å². The van der Waals surface area contributed by atoms with Crippen LogP contribution in [0.1, 0.15) is 49.1 Å². The lowest BCUT2D eigenvalue weighted by molar-refractivity contribution is -0.130. The first-order valence-corrected chi connectivity index (χ1v) is 8.34. The molecule has 2 fully saturated rings. The number of nitrogens with zero attached hydrogens (tertiary/aromatic N) is 2. The Morgan fingerprint density at radius 2 is 1.91 bits per heavy atom. The molecule has 0 saturated carbocycles. The van der Waals surface area contributed by atoms with Crippen LogP contribution in [0.5, 0.6) is 0 Å². The maximum absolute atomic E-state index is 12.3. The van der Waals surface area contributed by atoms with Gasteiger partial charge in [0, 0.05) is 32.6 Å². The molecular formula is C17H24N2O3. The van der Waals surface area contributed by atoms with Gasteiger partial charge in [0.15, 0.2) is 5.76 Å². The molecule has 3 heterocycles. The molecule has 2 aliphatic rings. The van der Waals surface area contributed by atoms with Crippen LogP contribution < -0.4 is 0 Å². The van der Waals surface area contributed by atoms with Gasteiger partial charge in [-0.1, -0.05) is 0 Å². The highest BCUT2D eigenvalue weighted by atomic mass is 16.3. The Morgan fingerprint density at radius 3 is 2.64 bits per heavy atom. The van der Waals surface area contributed by atoms with E-state index in [1.807, 2.05) is 9.80 Å². The van der Waals surface area contributed by atoms with Gasteiger partial charge >= 0.3 is 0 Å². The van der Waals surface area contributed by atoms with Gasteiger partial charge in [-0.25, -0.2) is 0 Å². The number of furan rings is 1. The Kier molecular flexibility index (Phi) is 4.80. The Labute approximate surface area is 131 Å². The SMILES string of the molecule is O=C(CC[C@@H]1CCCN(C(=O)c2ccco2)C1)N1CCCC1. The van der Waals surface area contributed by atoms with E-state index in [0.717, 1.165) is 58.3 Å². The summed E-state index contributed by atoms with van der Waals surface area (Å²) < 4.78 is 5.20. The molecule has 0 N–H and O–H groups in total. The highest BCUT2D eigenvalue weighted by Crippen LogP contribution is 2.23.